The summed E-state index contributed by atoms with van der Waals surface area (Å²) in [6, 6.07) is 10.5. The Bertz CT molecular complexity index is 878. The summed E-state index contributed by atoms with van der Waals surface area (Å²) < 4.78 is 34.3. The Kier molecular flexibility index (Phi) is 6.23. The smallest absolute Gasteiger partial charge is 0.241 e. The zero-order chi connectivity index (χ0) is 19.5. The molecular formula is C20H25BrN2O3S. The quantitative estimate of drug-likeness (QED) is 0.583. The number of sulfonamides is 1. The molecule has 1 fully saturated rings. The number of halogens is 1. The highest BCUT2D eigenvalue weighted by Crippen LogP contribution is 2.30. The zero-order valence-electron chi connectivity index (χ0n) is 15.6. The first-order valence-corrected chi connectivity index (χ1v) is 11.7. The van der Waals surface area contributed by atoms with Crippen molar-refractivity contribution in [2.75, 3.05) is 11.9 Å². The summed E-state index contributed by atoms with van der Waals surface area (Å²) in [6.07, 6.45) is 4.95. The maximum atomic E-state index is 12.9. The molecule has 0 radical (unpaired) electrons. The van der Waals surface area contributed by atoms with E-state index >= 15 is 0 Å². The lowest BCUT2D eigenvalue weighted by atomic mass is 9.97. The fourth-order valence-electron chi connectivity index (χ4n) is 2.72. The number of aromatic nitrogens is 1. The number of rotatable bonds is 9. The normalized spacial score (nSPS) is 14.9. The van der Waals surface area contributed by atoms with Gasteiger partial charge in [0, 0.05) is 23.3 Å². The van der Waals surface area contributed by atoms with Crippen LogP contribution in [0, 0.1) is 5.92 Å². The van der Waals surface area contributed by atoms with Crippen LogP contribution >= 0.6 is 15.9 Å². The molecule has 0 bridgehead atoms. The fourth-order valence-corrected chi connectivity index (χ4v) is 4.57. The van der Waals surface area contributed by atoms with Gasteiger partial charge in [-0.15, -0.1) is 0 Å². The van der Waals surface area contributed by atoms with E-state index in [9.17, 15) is 8.42 Å². The van der Waals surface area contributed by atoms with E-state index < -0.39 is 15.6 Å². The van der Waals surface area contributed by atoms with Crippen molar-refractivity contribution in [2.45, 2.75) is 43.5 Å². The number of pyridine rings is 1. The van der Waals surface area contributed by atoms with Crippen molar-refractivity contribution in [1.29, 1.82) is 0 Å². The van der Waals surface area contributed by atoms with Crippen LogP contribution in [-0.2, 0) is 22.0 Å². The molecule has 3 rings (SSSR count). The van der Waals surface area contributed by atoms with E-state index in [0.29, 0.717) is 18.3 Å². The Morgan fingerprint density at radius 1 is 1.26 bits per heavy atom. The molecule has 7 heteroatoms. The lowest BCUT2D eigenvalue weighted by Gasteiger charge is -2.26. The van der Waals surface area contributed by atoms with Crippen molar-refractivity contribution in [3.8, 4) is 5.75 Å². The van der Waals surface area contributed by atoms with Crippen LogP contribution in [0.1, 0.15) is 37.9 Å². The number of hydrogen-bond acceptors (Lipinski definition) is 4. The second kappa shape index (κ2) is 8.29. The molecule has 0 atom stereocenters. The van der Waals surface area contributed by atoms with Gasteiger partial charge in [0.2, 0.25) is 10.0 Å². The first-order chi connectivity index (χ1) is 12.8. The predicted molar refractivity (Wildman–Crippen MR) is 110 cm³/mol. The minimum Gasteiger partial charge on any atom is -0.493 e. The van der Waals surface area contributed by atoms with Crippen LogP contribution in [-0.4, -0.2) is 25.3 Å². The summed E-state index contributed by atoms with van der Waals surface area (Å²) in [5, 5.41) is 0.842. The van der Waals surface area contributed by atoms with Gasteiger partial charge in [0.1, 0.15) is 5.75 Å². The number of hydrogen-bond donors (Lipinski definition) is 1. The Hall–Kier alpha value is -1.44. The molecule has 1 N–H and O–H groups in total. The second-order valence-electron chi connectivity index (χ2n) is 7.44. The van der Waals surface area contributed by atoms with Crippen molar-refractivity contribution < 1.29 is 13.2 Å². The third-order valence-corrected chi connectivity index (χ3v) is 6.64. The number of benzene rings is 1. The van der Waals surface area contributed by atoms with Gasteiger partial charge in [-0.3, -0.25) is 4.98 Å². The van der Waals surface area contributed by atoms with Crippen LogP contribution in [0.4, 0.5) is 0 Å². The average Bonchev–Trinajstić information content (AvgIpc) is 3.45. The summed E-state index contributed by atoms with van der Waals surface area (Å²) in [5.74, 6) is 1.20. The predicted octanol–water partition coefficient (Wildman–Crippen LogP) is 4.02. The number of aryl methyl sites for hydroxylation is 1. The summed E-state index contributed by atoms with van der Waals surface area (Å²) in [7, 11) is -3.70. The van der Waals surface area contributed by atoms with E-state index in [0.717, 1.165) is 23.0 Å². The molecule has 0 unspecified atom stereocenters. The van der Waals surface area contributed by atoms with E-state index in [2.05, 4.69) is 25.6 Å². The topological polar surface area (TPSA) is 68.3 Å². The lowest BCUT2D eigenvalue weighted by molar-refractivity contribution is 0.299. The summed E-state index contributed by atoms with van der Waals surface area (Å²) in [6.45, 7) is 4.31. The Morgan fingerprint density at radius 3 is 2.67 bits per heavy atom. The Labute approximate surface area is 169 Å². The minimum absolute atomic E-state index is 0.202. The molecule has 0 saturated heterocycles. The lowest BCUT2D eigenvalue weighted by Crippen LogP contribution is -2.41. The van der Waals surface area contributed by atoms with Crippen LogP contribution in [0.3, 0.4) is 0 Å². The van der Waals surface area contributed by atoms with Crippen LogP contribution in [0.15, 0.2) is 47.5 Å². The van der Waals surface area contributed by atoms with Gasteiger partial charge in [0.25, 0.3) is 0 Å². The molecule has 0 amide bonds. The number of nitrogens with zero attached hydrogens (tertiary/aromatic N) is 1. The molecule has 0 spiro atoms. The molecule has 1 aliphatic rings. The van der Waals surface area contributed by atoms with Gasteiger partial charge in [0.05, 0.1) is 17.0 Å². The molecule has 1 aliphatic carbocycles. The van der Waals surface area contributed by atoms with E-state index in [1.54, 1.807) is 30.5 Å². The highest BCUT2D eigenvalue weighted by molar-refractivity contribution is 9.09. The van der Waals surface area contributed by atoms with Crippen LogP contribution in [0.25, 0.3) is 0 Å². The van der Waals surface area contributed by atoms with Crippen molar-refractivity contribution >= 4 is 26.0 Å². The summed E-state index contributed by atoms with van der Waals surface area (Å²) in [5.41, 5.74) is 0.990. The van der Waals surface area contributed by atoms with Gasteiger partial charge < -0.3 is 4.74 Å². The maximum absolute atomic E-state index is 12.9. The van der Waals surface area contributed by atoms with Gasteiger partial charge in [-0.05, 0) is 62.8 Å². The van der Waals surface area contributed by atoms with E-state index in [1.165, 1.54) is 12.8 Å². The first-order valence-electron chi connectivity index (χ1n) is 9.08. The maximum Gasteiger partial charge on any atom is 0.241 e. The molecule has 1 heterocycles. The number of alkyl halides is 1. The summed E-state index contributed by atoms with van der Waals surface area (Å²) in [4.78, 5) is 4.62. The Morgan fingerprint density at radius 2 is 2.04 bits per heavy atom. The molecule has 1 aromatic carbocycles. The molecule has 27 heavy (non-hydrogen) atoms. The van der Waals surface area contributed by atoms with Crippen molar-refractivity contribution in [3.63, 3.8) is 0 Å². The van der Waals surface area contributed by atoms with E-state index in [4.69, 9.17) is 4.74 Å². The van der Waals surface area contributed by atoms with E-state index in [-0.39, 0.29) is 4.90 Å². The Balaban J connectivity index is 1.74. The molecule has 2 aromatic rings. The molecule has 1 saturated carbocycles. The average molecular weight is 453 g/mol. The van der Waals surface area contributed by atoms with E-state index in [1.807, 2.05) is 26.0 Å². The zero-order valence-corrected chi connectivity index (χ0v) is 18.0. The van der Waals surface area contributed by atoms with Crippen LogP contribution < -0.4 is 9.46 Å². The third kappa shape index (κ3) is 5.53. The largest absolute Gasteiger partial charge is 0.493 e. The summed E-state index contributed by atoms with van der Waals surface area (Å²) >= 11 is 3.40. The molecule has 1 aromatic heterocycles. The van der Waals surface area contributed by atoms with Crippen molar-refractivity contribution in [3.05, 3.63) is 53.9 Å². The number of ether oxygens (including phenoxy) is 1. The third-order valence-electron chi connectivity index (χ3n) is 4.59. The molecule has 0 aliphatic heterocycles. The van der Waals surface area contributed by atoms with Gasteiger partial charge in [0.15, 0.2) is 0 Å². The van der Waals surface area contributed by atoms with Crippen molar-refractivity contribution in [1.82, 2.24) is 9.71 Å². The van der Waals surface area contributed by atoms with Gasteiger partial charge >= 0.3 is 0 Å². The molecular weight excluding hydrogens is 428 g/mol. The van der Waals surface area contributed by atoms with Gasteiger partial charge in [-0.1, -0.05) is 28.1 Å². The SMILES string of the molecule is CC(C)(NS(=O)(=O)c1cccc(OCC2CC2)c1)c1ccc(CCBr)nc1. The van der Waals surface area contributed by atoms with Crippen LogP contribution in [0.2, 0.25) is 0 Å². The molecule has 5 nitrogen and oxygen atoms in total. The van der Waals surface area contributed by atoms with Gasteiger partial charge in [-0.25, -0.2) is 13.1 Å². The fraction of sp³-hybridized carbons (Fsp3) is 0.450. The van der Waals surface area contributed by atoms with Crippen LogP contribution in [0.5, 0.6) is 5.75 Å². The van der Waals surface area contributed by atoms with Gasteiger partial charge in [-0.2, -0.15) is 0 Å². The standard InChI is InChI=1S/C20H25BrN2O3S/c1-20(2,16-8-9-17(10-11-21)22-13-16)23-27(24,25)19-5-3-4-18(12-19)26-14-15-6-7-15/h3-5,8-9,12-13,15,23H,6-7,10-11,14H2,1-2H3. The number of nitrogens with one attached hydrogen (secondary N) is 1. The highest BCUT2D eigenvalue weighted by atomic mass is 79.9. The monoisotopic (exact) mass is 452 g/mol. The highest BCUT2D eigenvalue weighted by Gasteiger charge is 2.29. The minimum atomic E-state index is -3.70. The second-order valence-corrected chi connectivity index (χ2v) is 9.91. The molecule has 146 valence electrons. The van der Waals surface area contributed by atoms with Crippen molar-refractivity contribution in [2.24, 2.45) is 5.92 Å². The first kappa shape index (κ1) is 20.3.